The number of carbonyl (C=O) groups is 1. The van der Waals surface area contributed by atoms with Gasteiger partial charge < -0.3 is 9.47 Å². The molecule has 1 saturated heterocycles. The van der Waals surface area contributed by atoms with Crippen molar-refractivity contribution in [2.45, 2.75) is 64.4 Å². The molecule has 5 aliphatic rings. The van der Waals surface area contributed by atoms with Gasteiger partial charge in [0, 0.05) is 6.61 Å². The number of nitrogens with zero attached hydrogens (tertiary/aromatic N) is 2. The SMILES string of the molecule is CCOc1cccc2sc(N(CC3CCCO3)C(=O)C34CC5CC(CC(C5)C3)C4)nc12. The zero-order valence-corrected chi connectivity index (χ0v) is 19.2. The van der Waals surface area contributed by atoms with E-state index in [1.54, 1.807) is 11.3 Å². The Morgan fingerprint density at radius 3 is 2.61 bits per heavy atom. The number of aromatic nitrogens is 1. The molecule has 2 heterocycles. The van der Waals surface area contributed by atoms with E-state index in [0.29, 0.717) is 19.1 Å². The average molecular weight is 441 g/mol. The van der Waals surface area contributed by atoms with E-state index >= 15 is 0 Å². The van der Waals surface area contributed by atoms with Gasteiger partial charge in [-0.05, 0) is 88.2 Å². The van der Waals surface area contributed by atoms with Gasteiger partial charge in [-0.1, -0.05) is 17.4 Å². The van der Waals surface area contributed by atoms with Gasteiger partial charge in [0.2, 0.25) is 5.91 Å². The van der Waals surface area contributed by atoms with Crippen molar-refractivity contribution in [1.29, 1.82) is 0 Å². The molecule has 2 aromatic rings. The van der Waals surface area contributed by atoms with Crippen LogP contribution in [-0.2, 0) is 9.53 Å². The van der Waals surface area contributed by atoms with Crippen LogP contribution in [0.5, 0.6) is 5.75 Å². The molecule has 31 heavy (non-hydrogen) atoms. The Morgan fingerprint density at radius 1 is 1.23 bits per heavy atom. The van der Waals surface area contributed by atoms with Gasteiger partial charge in [-0.3, -0.25) is 9.69 Å². The topological polar surface area (TPSA) is 51.7 Å². The third-order valence-corrected chi connectivity index (χ3v) is 9.09. The highest BCUT2D eigenvalue weighted by Crippen LogP contribution is 2.61. The van der Waals surface area contributed by atoms with E-state index in [1.165, 1.54) is 19.3 Å². The lowest BCUT2D eigenvalue weighted by molar-refractivity contribution is -0.143. The second-order valence-electron chi connectivity index (χ2n) is 10.3. The summed E-state index contributed by atoms with van der Waals surface area (Å²) in [7, 11) is 0. The van der Waals surface area contributed by atoms with E-state index < -0.39 is 0 Å². The van der Waals surface area contributed by atoms with Gasteiger partial charge in [0.05, 0.1) is 29.4 Å². The molecular weight excluding hydrogens is 408 g/mol. The molecule has 5 fully saturated rings. The van der Waals surface area contributed by atoms with E-state index in [9.17, 15) is 4.79 Å². The summed E-state index contributed by atoms with van der Waals surface area (Å²) in [6, 6.07) is 6.07. The molecule has 0 radical (unpaired) electrons. The molecule has 1 atom stereocenters. The third kappa shape index (κ3) is 3.46. The van der Waals surface area contributed by atoms with E-state index in [-0.39, 0.29) is 11.5 Å². The summed E-state index contributed by atoms with van der Waals surface area (Å²) in [5.74, 6) is 3.38. The van der Waals surface area contributed by atoms with Crippen molar-refractivity contribution < 1.29 is 14.3 Å². The van der Waals surface area contributed by atoms with Crippen LogP contribution in [0, 0.1) is 23.2 Å². The summed E-state index contributed by atoms with van der Waals surface area (Å²) in [6.45, 7) is 4.03. The van der Waals surface area contributed by atoms with Crippen LogP contribution in [0.4, 0.5) is 5.13 Å². The lowest BCUT2D eigenvalue weighted by atomic mass is 9.49. The van der Waals surface area contributed by atoms with E-state index in [2.05, 4.69) is 6.07 Å². The minimum Gasteiger partial charge on any atom is -0.492 e. The fourth-order valence-corrected chi connectivity index (χ4v) is 8.19. The first-order valence-electron chi connectivity index (χ1n) is 12.1. The van der Waals surface area contributed by atoms with Crippen molar-refractivity contribution in [2.24, 2.45) is 23.2 Å². The van der Waals surface area contributed by atoms with Crippen molar-refractivity contribution in [3.8, 4) is 5.75 Å². The zero-order chi connectivity index (χ0) is 21.0. The minimum absolute atomic E-state index is 0.122. The van der Waals surface area contributed by atoms with E-state index in [4.69, 9.17) is 14.5 Å². The van der Waals surface area contributed by atoms with Crippen molar-refractivity contribution in [3.63, 3.8) is 0 Å². The number of anilines is 1. The van der Waals surface area contributed by atoms with Crippen molar-refractivity contribution in [1.82, 2.24) is 4.98 Å². The molecule has 1 aromatic carbocycles. The fourth-order valence-electron chi connectivity index (χ4n) is 7.20. The molecular formula is C25H32N2O3S. The molecule has 6 heteroatoms. The Morgan fingerprint density at radius 2 is 1.97 bits per heavy atom. The molecule has 166 valence electrons. The predicted molar refractivity (Wildman–Crippen MR) is 123 cm³/mol. The molecule has 1 amide bonds. The van der Waals surface area contributed by atoms with Gasteiger partial charge in [-0.15, -0.1) is 0 Å². The number of fused-ring (bicyclic) bond motifs is 1. The lowest BCUT2D eigenvalue weighted by Crippen LogP contribution is -2.55. The number of hydrogen-bond acceptors (Lipinski definition) is 5. The zero-order valence-electron chi connectivity index (χ0n) is 18.3. The molecule has 1 aliphatic heterocycles. The van der Waals surface area contributed by atoms with E-state index in [1.807, 2.05) is 24.0 Å². The predicted octanol–water partition coefficient (Wildman–Crippen LogP) is 5.42. The van der Waals surface area contributed by atoms with Crippen LogP contribution in [0.1, 0.15) is 58.3 Å². The molecule has 1 unspecified atom stereocenters. The van der Waals surface area contributed by atoms with Crippen LogP contribution in [0.2, 0.25) is 0 Å². The van der Waals surface area contributed by atoms with Crippen LogP contribution >= 0.6 is 11.3 Å². The minimum atomic E-state index is -0.173. The first-order chi connectivity index (χ1) is 15.1. The summed E-state index contributed by atoms with van der Waals surface area (Å²) in [5.41, 5.74) is 0.702. The summed E-state index contributed by atoms with van der Waals surface area (Å²) in [4.78, 5) is 21.3. The van der Waals surface area contributed by atoms with Gasteiger partial charge in [-0.25, -0.2) is 4.98 Å². The normalized spacial score (nSPS) is 33.8. The van der Waals surface area contributed by atoms with Crippen LogP contribution in [-0.4, -0.2) is 36.8 Å². The second kappa shape index (κ2) is 7.73. The number of hydrogen-bond donors (Lipinski definition) is 0. The maximum absolute atomic E-state index is 14.3. The van der Waals surface area contributed by atoms with Crippen LogP contribution in [0.3, 0.4) is 0 Å². The molecule has 4 aliphatic carbocycles. The molecule has 0 N–H and O–H groups in total. The van der Waals surface area contributed by atoms with Crippen LogP contribution in [0.25, 0.3) is 10.2 Å². The molecule has 5 nitrogen and oxygen atoms in total. The number of thiazole rings is 1. The Hall–Kier alpha value is -1.66. The smallest absolute Gasteiger partial charge is 0.235 e. The molecule has 1 aromatic heterocycles. The Balaban J connectivity index is 1.37. The molecule has 7 rings (SSSR count). The third-order valence-electron chi connectivity index (χ3n) is 8.05. The number of carbonyl (C=O) groups excluding carboxylic acids is 1. The highest BCUT2D eigenvalue weighted by atomic mass is 32.1. The first kappa shape index (κ1) is 20.0. The number of para-hydroxylation sites is 1. The lowest BCUT2D eigenvalue weighted by Gasteiger charge is -2.56. The summed E-state index contributed by atoms with van der Waals surface area (Å²) < 4.78 is 12.9. The molecule has 0 spiro atoms. The highest BCUT2D eigenvalue weighted by Gasteiger charge is 2.56. The summed E-state index contributed by atoms with van der Waals surface area (Å²) in [5, 5.41) is 0.818. The first-order valence-corrected chi connectivity index (χ1v) is 12.9. The van der Waals surface area contributed by atoms with Gasteiger partial charge in [0.1, 0.15) is 11.3 Å². The standard InChI is InChI=1S/C25H32N2O3S/c1-2-29-20-6-3-7-21-22(20)26-24(31-21)27(15-19-5-4-8-30-19)23(28)25-12-16-9-17(13-25)11-18(10-16)14-25/h3,6-7,16-19H,2,4-5,8-15H2,1H3. The maximum atomic E-state index is 14.3. The molecule has 4 bridgehead atoms. The number of amides is 1. The summed E-state index contributed by atoms with van der Waals surface area (Å²) >= 11 is 1.62. The van der Waals surface area contributed by atoms with Gasteiger partial charge in [-0.2, -0.15) is 0 Å². The Kier molecular flexibility index (Phi) is 4.98. The van der Waals surface area contributed by atoms with Gasteiger partial charge in [0.25, 0.3) is 0 Å². The Labute approximate surface area is 188 Å². The van der Waals surface area contributed by atoms with Gasteiger partial charge in [0.15, 0.2) is 5.13 Å². The number of benzene rings is 1. The monoisotopic (exact) mass is 440 g/mol. The number of ether oxygens (including phenoxy) is 2. The second-order valence-corrected chi connectivity index (χ2v) is 11.3. The quantitative estimate of drug-likeness (QED) is 0.602. The van der Waals surface area contributed by atoms with Crippen molar-refractivity contribution >= 4 is 32.6 Å². The van der Waals surface area contributed by atoms with Gasteiger partial charge >= 0.3 is 0 Å². The van der Waals surface area contributed by atoms with Crippen LogP contribution < -0.4 is 9.64 Å². The fraction of sp³-hybridized carbons (Fsp3) is 0.680. The van der Waals surface area contributed by atoms with Crippen LogP contribution in [0.15, 0.2) is 18.2 Å². The number of rotatable bonds is 6. The Bertz CT molecular complexity index is 945. The maximum Gasteiger partial charge on any atom is 0.235 e. The summed E-state index contributed by atoms with van der Waals surface area (Å²) in [6.07, 6.45) is 9.50. The highest BCUT2D eigenvalue weighted by molar-refractivity contribution is 7.22. The largest absolute Gasteiger partial charge is 0.492 e. The average Bonchev–Trinajstić information content (AvgIpc) is 3.41. The van der Waals surface area contributed by atoms with Crippen molar-refractivity contribution in [2.75, 3.05) is 24.7 Å². The molecule has 4 saturated carbocycles. The van der Waals surface area contributed by atoms with E-state index in [0.717, 1.165) is 77.6 Å². The van der Waals surface area contributed by atoms with Crippen molar-refractivity contribution in [3.05, 3.63) is 18.2 Å².